The van der Waals surface area contributed by atoms with Crippen molar-refractivity contribution < 1.29 is 14.3 Å². The highest BCUT2D eigenvalue weighted by Gasteiger charge is 2.19. The quantitative estimate of drug-likeness (QED) is 0.777. The van der Waals surface area contributed by atoms with Crippen LogP contribution in [0.1, 0.15) is 20.7 Å². The van der Waals surface area contributed by atoms with Gasteiger partial charge in [-0.3, -0.25) is 9.59 Å². The molecule has 0 saturated carbocycles. The van der Waals surface area contributed by atoms with Crippen molar-refractivity contribution >= 4 is 28.3 Å². The standard InChI is InChI=1S/C22H20N2O3/c25-21(20-10-4-6-16-5-1-2-9-19(16)20)23-18-8-3-7-17(15-18)22(26)24-11-13-27-14-12-24/h1-10,15H,11-14H2,(H,23,25). The number of anilines is 1. The van der Waals surface area contributed by atoms with E-state index in [0.717, 1.165) is 10.8 Å². The largest absolute Gasteiger partial charge is 0.378 e. The van der Waals surface area contributed by atoms with Crippen LogP contribution in [0.5, 0.6) is 0 Å². The van der Waals surface area contributed by atoms with E-state index in [1.165, 1.54) is 0 Å². The van der Waals surface area contributed by atoms with Crippen molar-refractivity contribution in [2.75, 3.05) is 31.6 Å². The highest BCUT2D eigenvalue weighted by molar-refractivity contribution is 6.13. The normalized spacial score (nSPS) is 14.1. The summed E-state index contributed by atoms with van der Waals surface area (Å²) in [5.41, 5.74) is 1.78. The molecule has 27 heavy (non-hydrogen) atoms. The van der Waals surface area contributed by atoms with Crippen LogP contribution < -0.4 is 5.32 Å². The van der Waals surface area contributed by atoms with E-state index in [-0.39, 0.29) is 11.8 Å². The molecule has 5 nitrogen and oxygen atoms in total. The third kappa shape index (κ3) is 3.68. The molecule has 0 radical (unpaired) electrons. The Hall–Kier alpha value is -3.18. The molecule has 0 bridgehead atoms. The molecule has 1 heterocycles. The fourth-order valence-corrected chi connectivity index (χ4v) is 3.30. The zero-order valence-electron chi connectivity index (χ0n) is 14.9. The van der Waals surface area contributed by atoms with E-state index in [4.69, 9.17) is 4.74 Å². The Morgan fingerprint density at radius 1 is 0.889 bits per heavy atom. The fourth-order valence-electron chi connectivity index (χ4n) is 3.30. The summed E-state index contributed by atoms with van der Waals surface area (Å²) in [6, 6.07) is 20.5. The lowest BCUT2D eigenvalue weighted by atomic mass is 10.0. The second kappa shape index (κ2) is 7.60. The molecule has 0 unspecified atom stereocenters. The molecular weight excluding hydrogens is 340 g/mol. The van der Waals surface area contributed by atoms with E-state index in [9.17, 15) is 9.59 Å². The number of ether oxygens (including phenoxy) is 1. The van der Waals surface area contributed by atoms with Crippen LogP contribution in [0.4, 0.5) is 5.69 Å². The summed E-state index contributed by atoms with van der Waals surface area (Å²) in [6.45, 7) is 2.29. The number of rotatable bonds is 3. The molecule has 1 saturated heterocycles. The van der Waals surface area contributed by atoms with Crippen molar-refractivity contribution in [1.82, 2.24) is 4.90 Å². The van der Waals surface area contributed by atoms with E-state index < -0.39 is 0 Å². The van der Waals surface area contributed by atoms with Crippen molar-refractivity contribution in [1.29, 1.82) is 0 Å². The maximum atomic E-state index is 12.8. The molecule has 5 heteroatoms. The number of hydrogen-bond donors (Lipinski definition) is 1. The number of hydrogen-bond acceptors (Lipinski definition) is 3. The van der Waals surface area contributed by atoms with Crippen LogP contribution in [0.2, 0.25) is 0 Å². The molecule has 0 spiro atoms. The van der Waals surface area contributed by atoms with Gasteiger partial charge in [0, 0.05) is 29.9 Å². The molecule has 4 rings (SSSR count). The maximum Gasteiger partial charge on any atom is 0.256 e. The minimum absolute atomic E-state index is 0.0421. The van der Waals surface area contributed by atoms with Gasteiger partial charge in [0.2, 0.25) is 0 Å². The Morgan fingerprint density at radius 2 is 1.63 bits per heavy atom. The molecule has 1 N–H and O–H groups in total. The number of nitrogens with one attached hydrogen (secondary N) is 1. The third-order valence-electron chi connectivity index (χ3n) is 4.70. The van der Waals surface area contributed by atoms with Crippen molar-refractivity contribution in [3.8, 4) is 0 Å². The molecule has 136 valence electrons. The van der Waals surface area contributed by atoms with Gasteiger partial charge in [-0.15, -0.1) is 0 Å². The zero-order valence-corrected chi connectivity index (χ0v) is 14.9. The van der Waals surface area contributed by atoms with Crippen molar-refractivity contribution in [3.05, 3.63) is 77.9 Å². The van der Waals surface area contributed by atoms with Gasteiger partial charge < -0.3 is 15.0 Å². The zero-order chi connectivity index (χ0) is 18.6. The summed E-state index contributed by atoms with van der Waals surface area (Å²) < 4.78 is 5.30. The molecule has 0 aliphatic carbocycles. The van der Waals surface area contributed by atoms with Crippen molar-refractivity contribution in [2.45, 2.75) is 0 Å². The van der Waals surface area contributed by atoms with E-state index in [1.807, 2.05) is 36.4 Å². The van der Waals surface area contributed by atoms with Crippen LogP contribution in [0, 0.1) is 0 Å². The Morgan fingerprint density at radius 3 is 2.48 bits per heavy atom. The van der Waals surface area contributed by atoms with E-state index >= 15 is 0 Å². The molecule has 3 aromatic carbocycles. The summed E-state index contributed by atoms with van der Waals surface area (Å²) in [5, 5.41) is 4.83. The van der Waals surface area contributed by atoms with Crippen LogP contribution >= 0.6 is 0 Å². The molecule has 1 fully saturated rings. The topological polar surface area (TPSA) is 58.6 Å². The smallest absolute Gasteiger partial charge is 0.256 e. The predicted molar refractivity (Wildman–Crippen MR) is 105 cm³/mol. The summed E-state index contributed by atoms with van der Waals surface area (Å²) in [5.74, 6) is -0.234. The third-order valence-corrected chi connectivity index (χ3v) is 4.70. The lowest BCUT2D eigenvalue weighted by Crippen LogP contribution is -2.40. The van der Waals surface area contributed by atoms with Gasteiger partial charge in [-0.2, -0.15) is 0 Å². The number of fused-ring (bicyclic) bond motifs is 1. The Labute approximate surface area is 157 Å². The van der Waals surface area contributed by atoms with Gasteiger partial charge in [-0.1, -0.05) is 42.5 Å². The van der Waals surface area contributed by atoms with Crippen LogP contribution in [0.3, 0.4) is 0 Å². The van der Waals surface area contributed by atoms with Crippen molar-refractivity contribution in [2.24, 2.45) is 0 Å². The molecule has 1 aliphatic rings. The minimum Gasteiger partial charge on any atom is -0.378 e. The van der Waals surface area contributed by atoms with E-state index in [1.54, 1.807) is 35.2 Å². The SMILES string of the molecule is O=C(Nc1cccc(C(=O)N2CCOCC2)c1)c1cccc2ccccc12. The molecule has 3 aromatic rings. The Bertz CT molecular complexity index is 988. The van der Waals surface area contributed by atoms with Crippen LogP contribution in [0.25, 0.3) is 10.8 Å². The number of carbonyl (C=O) groups is 2. The fraction of sp³-hybridized carbons (Fsp3) is 0.182. The summed E-state index contributed by atoms with van der Waals surface area (Å²) in [4.78, 5) is 27.2. The van der Waals surface area contributed by atoms with Gasteiger partial charge in [-0.25, -0.2) is 0 Å². The molecule has 0 atom stereocenters. The number of amides is 2. The molecular formula is C22H20N2O3. The number of nitrogens with zero attached hydrogens (tertiary/aromatic N) is 1. The maximum absolute atomic E-state index is 12.8. The average molecular weight is 360 g/mol. The van der Waals surface area contributed by atoms with Gasteiger partial charge in [0.15, 0.2) is 0 Å². The van der Waals surface area contributed by atoms with Crippen LogP contribution in [-0.4, -0.2) is 43.0 Å². The Balaban J connectivity index is 1.55. The van der Waals surface area contributed by atoms with Gasteiger partial charge in [0.25, 0.3) is 11.8 Å². The first-order valence-electron chi connectivity index (χ1n) is 8.98. The van der Waals surface area contributed by atoms with E-state index in [2.05, 4.69) is 5.32 Å². The first-order chi connectivity index (χ1) is 13.2. The molecule has 2 amide bonds. The highest BCUT2D eigenvalue weighted by Crippen LogP contribution is 2.20. The van der Waals surface area contributed by atoms with Crippen molar-refractivity contribution in [3.63, 3.8) is 0 Å². The monoisotopic (exact) mass is 360 g/mol. The first-order valence-corrected chi connectivity index (χ1v) is 8.98. The van der Waals surface area contributed by atoms with Gasteiger partial charge >= 0.3 is 0 Å². The highest BCUT2D eigenvalue weighted by atomic mass is 16.5. The average Bonchev–Trinajstić information content (AvgIpc) is 2.73. The second-order valence-electron chi connectivity index (χ2n) is 6.47. The lowest BCUT2D eigenvalue weighted by Gasteiger charge is -2.27. The first kappa shape index (κ1) is 17.2. The van der Waals surface area contributed by atoms with Gasteiger partial charge in [-0.05, 0) is 35.0 Å². The summed E-state index contributed by atoms with van der Waals surface area (Å²) in [7, 11) is 0. The number of carbonyl (C=O) groups excluding carboxylic acids is 2. The van der Waals surface area contributed by atoms with Gasteiger partial charge in [0.1, 0.15) is 0 Å². The predicted octanol–water partition coefficient (Wildman–Crippen LogP) is 3.56. The number of morpholine rings is 1. The lowest BCUT2D eigenvalue weighted by molar-refractivity contribution is 0.0303. The second-order valence-corrected chi connectivity index (χ2v) is 6.47. The number of benzene rings is 3. The summed E-state index contributed by atoms with van der Waals surface area (Å²) in [6.07, 6.45) is 0. The minimum atomic E-state index is -0.192. The van der Waals surface area contributed by atoms with Crippen LogP contribution in [0.15, 0.2) is 66.7 Å². The molecule has 1 aliphatic heterocycles. The van der Waals surface area contributed by atoms with Crippen LogP contribution in [-0.2, 0) is 4.74 Å². The molecule has 0 aromatic heterocycles. The van der Waals surface area contributed by atoms with Gasteiger partial charge in [0.05, 0.1) is 13.2 Å². The Kier molecular flexibility index (Phi) is 4.85. The van der Waals surface area contributed by atoms with E-state index in [0.29, 0.717) is 43.1 Å². The summed E-state index contributed by atoms with van der Waals surface area (Å²) >= 11 is 0.